The summed E-state index contributed by atoms with van der Waals surface area (Å²) in [5, 5.41) is 4.40. The fourth-order valence-electron chi connectivity index (χ4n) is 4.06. The van der Waals surface area contributed by atoms with Crippen LogP contribution in [0.3, 0.4) is 0 Å². The highest BCUT2D eigenvalue weighted by atomic mass is 35.5. The first-order valence-electron chi connectivity index (χ1n) is 8.31. The van der Waals surface area contributed by atoms with Crippen LogP contribution in [0.25, 0.3) is 0 Å². The molecule has 4 rings (SSSR count). The Kier molecular flexibility index (Phi) is 4.01. The summed E-state index contributed by atoms with van der Waals surface area (Å²) in [5.74, 6) is -0.248. The zero-order chi connectivity index (χ0) is 16.8. The second-order valence-electron chi connectivity index (χ2n) is 6.53. The average Bonchev–Trinajstić information content (AvgIpc) is 2.54. The van der Waals surface area contributed by atoms with Gasteiger partial charge in [0.2, 0.25) is 0 Å². The Balaban J connectivity index is 1.98. The van der Waals surface area contributed by atoms with Crippen LogP contribution in [0.1, 0.15) is 50.0 Å². The molecule has 3 nitrogen and oxygen atoms in total. The molecule has 124 valence electrons. The smallest absolute Gasteiger partial charge is 0.161 e. The average molecular weight is 362 g/mol. The third-order valence-electron chi connectivity index (χ3n) is 5.08. The van der Waals surface area contributed by atoms with Gasteiger partial charge in [0.05, 0.1) is 0 Å². The van der Waals surface area contributed by atoms with Crippen LogP contribution in [0.2, 0.25) is 10.0 Å². The van der Waals surface area contributed by atoms with Gasteiger partial charge in [-0.2, -0.15) is 0 Å². The van der Waals surface area contributed by atoms with Crippen LogP contribution in [0, 0.1) is 0 Å². The van der Waals surface area contributed by atoms with Crippen molar-refractivity contribution in [3.05, 3.63) is 56.3 Å². The van der Waals surface area contributed by atoms with Crippen molar-refractivity contribution in [2.45, 2.75) is 44.4 Å². The van der Waals surface area contributed by atoms with Crippen molar-refractivity contribution in [2.24, 2.45) is 0 Å². The molecule has 24 heavy (non-hydrogen) atoms. The molecular formula is C19H17Cl2NO2. The van der Waals surface area contributed by atoms with E-state index in [-0.39, 0.29) is 11.6 Å². The van der Waals surface area contributed by atoms with Crippen molar-refractivity contribution in [2.75, 3.05) is 0 Å². The molecule has 0 fully saturated rings. The SMILES string of the molecule is O=C1CCCC2=C1C(c1c(Cl)cccc1Cl)C1=C(CCCC1=O)N2. The Morgan fingerprint density at radius 1 is 0.833 bits per heavy atom. The fourth-order valence-corrected chi connectivity index (χ4v) is 4.67. The largest absolute Gasteiger partial charge is 0.362 e. The van der Waals surface area contributed by atoms with E-state index < -0.39 is 5.92 Å². The van der Waals surface area contributed by atoms with Crippen LogP contribution in [-0.4, -0.2) is 11.6 Å². The first-order valence-corrected chi connectivity index (χ1v) is 9.07. The number of hydrogen-bond acceptors (Lipinski definition) is 3. The van der Waals surface area contributed by atoms with Gasteiger partial charge in [-0.3, -0.25) is 9.59 Å². The highest BCUT2D eigenvalue weighted by molar-refractivity contribution is 6.36. The van der Waals surface area contributed by atoms with Crippen molar-refractivity contribution in [1.29, 1.82) is 0 Å². The van der Waals surface area contributed by atoms with E-state index in [0.717, 1.165) is 37.1 Å². The zero-order valence-electron chi connectivity index (χ0n) is 13.1. The van der Waals surface area contributed by atoms with E-state index in [1.165, 1.54) is 0 Å². The van der Waals surface area contributed by atoms with Gasteiger partial charge in [-0.1, -0.05) is 29.3 Å². The van der Waals surface area contributed by atoms with Gasteiger partial charge < -0.3 is 5.32 Å². The molecule has 1 aromatic rings. The molecule has 0 amide bonds. The number of nitrogens with one attached hydrogen (secondary N) is 1. The molecule has 0 unspecified atom stereocenters. The molecule has 0 bridgehead atoms. The number of halogens is 2. The molecule has 0 atom stereocenters. The van der Waals surface area contributed by atoms with Crippen molar-refractivity contribution >= 4 is 34.8 Å². The number of hydrogen-bond donors (Lipinski definition) is 1. The minimum atomic E-state index is -0.432. The zero-order valence-corrected chi connectivity index (χ0v) is 14.6. The second-order valence-corrected chi connectivity index (χ2v) is 7.35. The first-order chi connectivity index (χ1) is 11.6. The molecule has 0 saturated heterocycles. The summed E-state index contributed by atoms with van der Waals surface area (Å²) >= 11 is 12.9. The summed E-state index contributed by atoms with van der Waals surface area (Å²) in [7, 11) is 0. The Hall–Kier alpha value is -1.58. The number of benzene rings is 1. The molecular weight excluding hydrogens is 345 g/mol. The predicted octanol–water partition coefficient (Wildman–Crippen LogP) is 4.69. The number of Topliss-reactive ketones (excluding diaryl/α,β-unsaturated/α-hetero) is 2. The van der Waals surface area contributed by atoms with Gasteiger partial charge in [-0.25, -0.2) is 0 Å². The summed E-state index contributed by atoms with van der Waals surface area (Å²) in [6, 6.07) is 5.32. The highest BCUT2D eigenvalue weighted by Gasteiger charge is 2.41. The number of rotatable bonds is 1. The molecule has 1 aliphatic heterocycles. The fraction of sp³-hybridized carbons (Fsp3) is 0.368. The quantitative estimate of drug-likeness (QED) is 0.788. The van der Waals surface area contributed by atoms with Crippen molar-refractivity contribution in [3.8, 4) is 0 Å². The van der Waals surface area contributed by atoms with Gasteiger partial charge in [0.1, 0.15) is 0 Å². The summed E-state index contributed by atoms with van der Waals surface area (Å²) < 4.78 is 0. The molecule has 5 heteroatoms. The summed E-state index contributed by atoms with van der Waals surface area (Å²) in [6.45, 7) is 0. The van der Waals surface area contributed by atoms with Crippen molar-refractivity contribution in [1.82, 2.24) is 5.32 Å². The Bertz CT molecular complexity index is 760. The maximum Gasteiger partial charge on any atom is 0.161 e. The van der Waals surface area contributed by atoms with Crippen molar-refractivity contribution < 1.29 is 9.59 Å². The van der Waals surface area contributed by atoms with E-state index in [9.17, 15) is 9.59 Å². The molecule has 0 saturated carbocycles. The van der Waals surface area contributed by atoms with Gasteiger partial charge in [-0.05, 0) is 37.8 Å². The van der Waals surface area contributed by atoms with Crippen molar-refractivity contribution in [3.63, 3.8) is 0 Å². The minimum absolute atomic E-state index is 0.0923. The van der Waals surface area contributed by atoms with Gasteiger partial charge >= 0.3 is 0 Å². The van der Waals surface area contributed by atoms with E-state index in [1.807, 2.05) is 0 Å². The van der Waals surface area contributed by atoms with Gasteiger partial charge in [0.15, 0.2) is 11.6 Å². The third kappa shape index (κ3) is 2.42. The van der Waals surface area contributed by atoms with Crippen LogP contribution in [0.15, 0.2) is 40.7 Å². The molecule has 0 aromatic heterocycles. The number of carbonyl (C=O) groups excluding carboxylic acids is 2. The number of carbonyl (C=O) groups is 2. The third-order valence-corrected chi connectivity index (χ3v) is 5.74. The Morgan fingerprint density at radius 2 is 1.33 bits per heavy atom. The summed E-state index contributed by atoms with van der Waals surface area (Å²) in [5.41, 5.74) is 3.95. The van der Waals surface area contributed by atoms with E-state index >= 15 is 0 Å². The Morgan fingerprint density at radius 3 is 1.83 bits per heavy atom. The lowest BCUT2D eigenvalue weighted by Crippen LogP contribution is -2.36. The monoisotopic (exact) mass is 361 g/mol. The molecule has 0 radical (unpaired) electrons. The standard InChI is InChI=1S/C19H17Cl2NO2/c20-10-4-1-5-11(21)16(10)19-17-12(6-2-8-14(17)23)22-13-7-3-9-15(24)18(13)19/h1,4-5,19,22H,2-3,6-9H2. The van der Waals surface area contributed by atoms with E-state index in [1.54, 1.807) is 18.2 Å². The molecule has 3 aliphatic rings. The van der Waals surface area contributed by atoms with Crippen LogP contribution in [0.4, 0.5) is 0 Å². The summed E-state index contributed by atoms with van der Waals surface area (Å²) in [4.78, 5) is 25.4. The van der Waals surface area contributed by atoms with Crippen LogP contribution in [-0.2, 0) is 9.59 Å². The number of ketones is 2. The number of allylic oxidation sites excluding steroid dienone is 4. The van der Waals surface area contributed by atoms with Crippen LogP contribution < -0.4 is 5.32 Å². The minimum Gasteiger partial charge on any atom is -0.362 e. The van der Waals surface area contributed by atoms with E-state index in [0.29, 0.717) is 39.6 Å². The normalized spacial score (nSPS) is 21.6. The van der Waals surface area contributed by atoms with Crippen LogP contribution >= 0.6 is 23.2 Å². The highest BCUT2D eigenvalue weighted by Crippen LogP contribution is 2.48. The molecule has 1 aromatic carbocycles. The molecule has 2 aliphatic carbocycles. The lowest BCUT2D eigenvalue weighted by Gasteiger charge is -2.37. The van der Waals surface area contributed by atoms with Crippen LogP contribution in [0.5, 0.6) is 0 Å². The first kappa shape index (κ1) is 15.9. The van der Waals surface area contributed by atoms with E-state index in [2.05, 4.69) is 5.32 Å². The summed E-state index contributed by atoms with van der Waals surface area (Å²) in [6.07, 6.45) is 4.34. The second kappa shape index (κ2) is 6.05. The molecule has 0 spiro atoms. The topological polar surface area (TPSA) is 46.2 Å². The Labute approximate surface area is 150 Å². The van der Waals surface area contributed by atoms with Gasteiger partial charge in [0, 0.05) is 56.9 Å². The van der Waals surface area contributed by atoms with Gasteiger partial charge in [0.25, 0.3) is 0 Å². The van der Waals surface area contributed by atoms with Gasteiger partial charge in [-0.15, -0.1) is 0 Å². The number of dihydropyridines is 1. The molecule has 1 N–H and O–H groups in total. The maximum absolute atomic E-state index is 12.7. The maximum atomic E-state index is 12.7. The predicted molar refractivity (Wildman–Crippen MR) is 94.1 cm³/mol. The molecule has 1 heterocycles. The lowest BCUT2D eigenvalue weighted by atomic mass is 9.71. The lowest BCUT2D eigenvalue weighted by molar-refractivity contribution is -0.116. The van der Waals surface area contributed by atoms with E-state index in [4.69, 9.17) is 23.2 Å².